The zero-order valence-electron chi connectivity index (χ0n) is 9.73. The topological polar surface area (TPSA) is 97.2 Å². The SMILES string of the molecule is COCC(N)CCNC(=O)c1c[nH]ccc1=O. The molecule has 1 atom stereocenters. The molecule has 6 heteroatoms. The summed E-state index contributed by atoms with van der Waals surface area (Å²) in [6, 6.07) is 1.19. The van der Waals surface area contributed by atoms with Crippen LogP contribution in [-0.4, -0.2) is 37.2 Å². The first kappa shape index (κ1) is 13.4. The lowest BCUT2D eigenvalue weighted by molar-refractivity contribution is 0.0948. The Morgan fingerprint density at radius 2 is 2.41 bits per heavy atom. The summed E-state index contributed by atoms with van der Waals surface area (Å²) in [5.74, 6) is -0.392. The van der Waals surface area contributed by atoms with Gasteiger partial charge >= 0.3 is 0 Å². The van der Waals surface area contributed by atoms with E-state index in [-0.39, 0.29) is 17.0 Å². The van der Waals surface area contributed by atoms with E-state index in [1.807, 2.05) is 0 Å². The molecule has 0 radical (unpaired) electrons. The van der Waals surface area contributed by atoms with Crippen LogP contribution in [0.25, 0.3) is 0 Å². The van der Waals surface area contributed by atoms with Crippen molar-refractivity contribution in [2.45, 2.75) is 12.5 Å². The van der Waals surface area contributed by atoms with Crippen molar-refractivity contribution in [3.63, 3.8) is 0 Å². The van der Waals surface area contributed by atoms with Crippen LogP contribution < -0.4 is 16.5 Å². The summed E-state index contributed by atoms with van der Waals surface area (Å²) in [4.78, 5) is 25.6. The standard InChI is InChI=1S/C11H17N3O3/c1-17-7-8(12)2-5-14-11(16)9-6-13-4-3-10(9)15/h3-4,6,8H,2,5,7,12H2,1H3,(H,13,15)(H,14,16). The normalized spacial score (nSPS) is 12.1. The van der Waals surface area contributed by atoms with Crippen LogP contribution in [0.2, 0.25) is 0 Å². The van der Waals surface area contributed by atoms with Crippen LogP contribution in [-0.2, 0) is 4.74 Å². The second kappa shape index (κ2) is 6.82. The third kappa shape index (κ3) is 4.38. The van der Waals surface area contributed by atoms with Crippen molar-refractivity contribution < 1.29 is 9.53 Å². The molecule has 0 spiro atoms. The van der Waals surface area contributed by atoms with Gasteiger partial charge in [0.05, 0.1) is 6.61 Å². The van der Waals surface area contributed by atoms with Crippen molar-refractivity contribution in [2.75, 3.05) is 20.3 Å². The maximum atomic E-state index is 11.6. The van der Waals surface area contributed by atoms with Gasteiger partial charge in [-0.25, -0.2) is 0 Å². The second-order valence-corrected chi connectivity index (χ2v) is 3.68. The number of aromatic amines is 1. The van der Waals surface area contributed by atoms with E-state index < -0.39 is 5.91 Å². The number of hydrogen-bond acceptors (Lipinski definition) is 4. The molecule has 1 aromatic rings. The van der Waals surface area contributed by atoms with Crippen molar-refractivity contribution in [1.29, 1.82) is 0 Å². The number of nitrogens with two attached hydrogens (primary N) is 1. The molecule has 0 aliphatic carbocycles. The highest BCUT2D eigenvalue weighted by Gasteiger charge is 2.09. The number of nitrogens with one attached hydrogen (secondary N) is 2. The molecule has 0 aliphatic rings. The average Bonchev–Trinajstić information content (AvgIpc) is 2.29. The molecule has 0 saturated heterocycles. The first-order valence-electron chi connectivity index (χ1n) is 5.35. The fraction of sp³-hybridized carbons (Fsp3) is 0.455. The van der Waals surface area contributed by atoms with E-state index in [0.717, 1.165) is 0 Å². The fourth-order valence-electron chi connectivity index (χ4n) is 1.36. The van der Waals surface area contributed by atoms with Gasteiger partial charge in [-0.1, -0.05) is 0 Å². The van der Waals surface area contributed by atoms with E-state index in [0.29, 0.717) is 19.6 Å². The highest BCUT2D eigenvalue weighted by atomic mass is 16.5. The monoisotopic (exact) mass is 239 g/mol. The second-order valence-electron chi connectivity index (χ2n) is 3.68. The molecular formula is C11H17N3O3. The molecule has 0 aromatic carbocycles. The van der Waals surface area contributed by atoms with Gasteiger partial charge in [-0.05, 0) is 6.42 Å². The minimum absolute atomic E-state index is 0.104. The third-order valence-electron chi connectivity index (χ3n) is 2.25. The number of H-pyrrole nitrogens is 1. The first-order valence-corrected chi connectivity index (χ1v) is 5.35. The lowest BCUT2D eigenvalue weighted by atomic mass is 10.2. The number of rotatable bonds is 6. The fourth-order valence-corrected chi connectivity index (χ4v) is 1.36. The minimum Gasteiger partial charge on any atom is -0.383 e. The van der Waals surface area contributed by atoms with E-state index in [1.54, 1.807) is 7.11 Å². The van der Waals surface area contributed by atoms with Crippen molar-refractivity contribution in [3.8, 4) is 0 Å². The van der Waals surface area contributed by atoms with Gasteiger partial charge in [0.2, 0.25) is 0 Å². The van der Waals surface area contributed by atoms with Crippen LogP contribution in [0.3, 0.4) is 0 Å². The van der Waals surface area contributed by atoms with E-state index in [2.05, 4.69) is 10.3 Å². The zero-order valence-corrected chi connectivity index (χ0v) is 9.73. The molecular weight excluding hydrogens is 222 g/mol. The molecule has 1 rings (SSSR count). The van der Waals surface area contributed by atoms with Crippen molar-refractivity contribution in [3.05, 3.63) is 34.2 Å². The predicted octanol–water partition coefficient (Wildman–Crippen LogP) is -0.531. The summed E-state index contributed by atoms with van der Waals surface area (Å²) in [6.45, 7) is 0.861. The lowest BCUT2D eigenvalue weighted by Crippen LogP contribution is -2.34. The molecule has 4 N–H and O–H groups in total. The van der Waals surface area contributed by atoms with Gasteiger partial charge in [0.1, 0.15) is 5.56 Å². The van der Waals surface area contributed by atoms with Crippen LogP contribution in [0.15, 0.2) is 23.3 Å². The highest BCUT2D eigenvalue weighted by molar-refractivity contribution is 5.93. The summed E-state index contributed by atoms with van der Waals surface area (Å²) in [7, 11) is 1.57. The number of ether oxygens (including phenoxy) is 1. The maximum Gasteiger partial charge on any atom is 0.256 e. The summed E-state index contributed by atoms with van der Waals surface area (Å²) in [6.07, 6.45) is 3.46. The molecule has 0 aliphatic heterocycles. The molecule has 94 valence electrons. The quantitative estimate of drug-likeness (QED) is 0.621. The minimum atomic E-state index is -0.392. The van der Waals surface area contributed by atoms with Gasteiger partial charge in [0.15, 0.2) is 5.43 Å². The Kier molecular flexibility index (Phi) is 5.38. The van der Waals surface area contributed by atoms with Crippen LogP contribution in [0.5, 0.6) is 0 Å². The predicted molar refractivity (Wildman–Crippen MR) is 63.9 cm³/mol. The number of pyridine rings is 1. The number of carbonyl (C=O) groups is 1. The summed E-state index contributed by atoms with van der Waals surface area (Å²) in [5, 5.41) is 2.63. The Bertz CT molecular complexity index is 416. The van der Waals surface area contributed by atoms with Gasteiger partial charge < -0.3 is 20.8 Å². The van der Waals surface area contributed by atoms with Crippen LogP contribution in [0.4, 0.5) is 0 Å². The Morgan fingerprint density at radius 1 is 1.65 bits per heavy atom. The summed E-state index contributed by atoms with van der Waals surface area (Å²) in [5.41, 5.74) is 5.50. The summed E-state index contributed by atoms with van der Waals surface area (Å²) < 4.78 is 4.87. The van der Waals surface area contributed by atoms with Gasteiger partial charge in [0, 0.05) is 38.2 Å². The Hall–Kier alpha value is -1.66. The molecule has 17 heavy (non-hydrogen) atoms. The largest absolute Gasteiger partial charge is 0.383 e. The van der Waals surface area contributed by atoms with Crippen molar-refractivity contribution in [1.82, 2.24) is 10.3 Å². The Balaban J connectivity index is 2.41. The molecule has 0 bridgehead atoms. The molecule has 1 heterocycles. The summed E-state index contributed by atoms with van der Waals surface area (Å²) >= 11 is 0. The van der Waals surface area contributed by atoms with Crippen LogP contribution >= 0.6 is 0 Å². The van der Waals surface area contributed by atoms with E-state index in [9.17, 15) is 9.59 Å². The zero-order chi connectivity index (χ0) is 12.7. The van der Waals surface area contributed by atoms with Gasteiger partial charge in [-0.15, -0.1) is 0 Å². The van der Waals surface area contributed by atoms with E-state index in [1.165, 1.54) is 18.5 Å². The van der Waals surface area contributed by atoms with Gasteiger partial charge in [0.25, 0.3) is 5.91 Å². The molecule has 6 nitrogen and oxygen atoms in total. The molecule has 0 fully saturated rings. The van der Waals surface area contributed by atoms with Crippen LogP contribution in [0.1, 0.15) is 16.8 Å². The number of methoxy groups -OCH3 is 1. The van der Waals surface area contributed by atoms with E-state index in [4.69, 9.17) is 10.5 Å². The Morgan fingerprint density at radius 3 is 3.06 bits per heavy atom. The third-order valence-corrected chi connectivity index (χ3v) is 2.25. The number of amides is 1. The number of carbonyl (C=O) groups excluding carboxylic acids is 1. The Labute approximate surface area is 99.2 Å². The average molecular weight is 239 g/mol. The number of hydrogen-bond donors (Lipinski definition) is 3. The van der Waals surface area contributed by atoms with Crippen molar-refractivity contribution >= 4 is 5.91 Å². The van der Waals surface area contributed by atoms with Crippen LogP contribution in [0, 0.1) is 0 Å². The van der Waals surface area contributed by atoms with Gasteiger partial charge in [-0.3, -0.25) is 9.59 Å². The lowest BCUT2D eigenvalue weighted by Gasteiger charge is -2.10. The van der Waals surface area contributed by atoms with Crippen molar-refractivity contribution in [2.24, 2.45) is 5.73 Å². The molecule has 1 unspecified atom stereocenters. The molecule has 1 amide bonds. The number of aromatic nitrogens is 1. The van der Waals surface area contributed by atoms with E-state index >= 15 is 0 Å². The smallest absolute Gasteiger partial charge is 0.256 e. The molecule has 1 aromatic heterocycles. The molecule has 0 saturated carbocycles. The van der Waals surface area contributed by atoms with Gasteiger partial charge in [-0.2, -0.15) is 0 Å². The maximum absolute atomic E-state index is 11.6. The first-order chi connectivity index (χ1) is 8.15. The highest BCUT2D eigenvalue weighted by Crippen LogP contribution is 1.90.